The van der Waals surface area contributed by atoms with Crippen molar-refractivity contribution in [3.8, 4) is 11.1 Å². The van der Waals surface area contributed by atoms with Crippen molar-refractivity contribution in [1.29, 1.82) is 0 Å². The zero-order valence-corrected chi connectivity index (χ0v) is 23.6. The zero-order chi connectivity index (χ0) is 27.8. The lowest BCUT2D eigenvalue weighted by molar-refractivity contribution is 0.617. The molecule has 0 amide bonds. The molecule has 2 aliphatic rings. The second-order valence-corrected chi connectivity index (χ2v) is 11.7. The first-order valence-electron chi connectivity index (χ1n) is 13.5. The number of anilines is 1. The van der Waals surface area contributed by atoms with Gasteiger partial charge < -0.3 is 21.4 Å². The lowest BCUT2D eigenvalue weighted by Gasteiger charge is -2.18. The number of benzene rings is 1. The molecule has 0 spiro atoms. The van der Waals surface area contributed by atoms with Crippen LogP contribution in [0.4, 0.5) is 10.1 Å². The molecule has 4 aromatic rings. The molecule has 0 unspecified atom stereocenters. The number of hydrogen-bond donors (Lipinski definition) is 4. The number of nitrogens with one attached hydrogen (secondary N) is 3. The van der Waals surface area contributed by atoms with Crippen molar-refractivity contribution in [2.24, 2.45) is 10.7 Å². The van der Waals surface area contributed by atoms with Crippen molar-refractivity contribution in [1.82, 2.24) is 20.3 Å². The standard InChI is InChI=1S/C31H32FN7S/c1-17(2)37-22-12-20(15-35-16-22)23-7-5-19-14-34-10-11-36-30(27(19)28(23)32)31-38-25-13-21(33)6-8-24(29(25)39-31)26-9-4-18(3)40-26/h4-9,12,15-17,34,37H,10-11,13-14,33H2,1-3H3,(H,38,39). The molecule has 0 bridgehead atoms. The largest absolute Gasteiger partial charge is 0.402 e. The minimum Gasteiger partial charge on any atom is -0.402 e. The first kappa shape index (κ1) is 26.2. The predicted molar refractivity (Wildman–Crippen MR) is 161 cm³/mol. The molecule has 0 radical (unpaired) electrons. The second kappa shape index (κ2) is 10.8. The van der Waals surface area contributed by atoms with E-state index in [0.29, 0.717) is 54.3 Å². The van der Waals surface area contributed by atoms with Crippen LogP contribution in [0.5, 0.6) is 0 Å². The Kier molecular flexibility index (Phi) is 7.08. The molecule has 7 nitrogen and oxygen atoms in total. The summed E-state index contributed by atoms with van der Waals surface area (Å²) in [6.45, 7) is 7.94. The highest BCUT2D eigenvalue weighted by Gasteiger charge is 2.27. The van der Waals surface area contributed by atoms with Crippen molar-refractivity contribution in [3.05, 3.63) is 104 Å². The van der Waals surface area contributed by atoms with Gasteiger partial charge in [0.25, 0.3) is 0 Å². The maximum absolute atomic E-state index is 16.6. The van der Waals surface area contributed by atoms with Crippen LogP contribution < -0.4 is 16.4 Å². The number of thiophene rings is 1. The Balaban J connectivity index is 1.48. The van der Waals surface area contributed by atoms with E-state index in [2.05, 4.69) is 53.5 Å². The Labute approximate surface area is 237 Å². The number of aryl methyl sites for hydroxylation is 1. The van der Waals surface area contributed by atoms with E-state index in [-0.39, 0.29) is 11.9 Å². The summed E-state index contributed by atoms with van der Waals surface area (Å²) in [6.07, 6.45) is 7.94. The average molecular weight is 554 g/mol. The fourth-order valence-corrected chi connectivity index (χ4v) is 6.06. The van der Waals surface area contributed by atoms with Gasteiger partial charge in [-0.15, -0.1) is 11.3 Å². The minimum absolute atomic E-state index is 0.234. The number of imidazole rings is 1. The molecule has 0 saturated heterocycles. The zero-order valence-electron chi connectivity index (χ0n) is 22.8. The van der Waals surface area contributed by atoms with Crippen molar-refractivity contribution in [2.75, 3.05) is 18.4 Å². The number of aliphatic imine (C=N–C) groups is 1. The maximum Gasteiger partial charge on any atom is 0.157 e. The Hall–Kier alpha value is -4.08. The van der Waals surface area contributed by atoms with Gasteiger partial charge in [0.05, 0.1) is 17.9 Å². The van der Waals surface area contributed by atoms with Crippen molar-refractivity contribution in [2.45, 2.75) is 39.8 Å². The third-order valence-corrected chi connectivity index (χ3v) is 7.99. The molecule has 40 heavy (non-hydrogen) atoms. The molecule has 1 aliphatic heterocycles. The second-order valence-electron chi connectivity index (χ2n) is 10.5. The van der Waals surface area contributed by atoms with Gasteiger partial charge in [-0.2, -0.15) is 0 Å². The number of aromatic nitrogens is 3. The summed E-state index contributed by atoms with van der Waals surface area (Å²) in [5, 5.41) is 6.72. The van der Waals surface area contributed by atoms with E-state index in [1.165, 1.54) is 4.88 Å². The van der Waals surface area contributed by atoms with Crippen LogP contribution in [0, 0.1) is 12.7 Å². The van der Waals surface area contributed by atoms with Gasteiger partial charge in [-0.1, -0.05) is 12.1 Å². The van der Waals surface area contributed by atoms with Crippen LogP contribution in [0.3, 0.4) is 0 Å². The van der Waals surface area contributed by atoms with Gasteiger partial charge in [-0.25, -0.2) is 9.37 Å². The maximum atomic E-state index is 16.6. The summed E-state index contributed by atoms with van der Waals surface area (Å²) < 4.78 is 16.6. The Morgan fingerprint density at radius 3 is 2.80 bits per heavy atom. The first-order chi connectivity index (χ1) is 19.4. The normalized spacial score (nSPS) is 15.3. The van der Waals surface area contributed by atoms with E-state index in [4.69, 9.17) is 15.7 Å². The number of nitrogens with zero attached hydrogens (tertiary/aromatic N) is 3. The predicted octanol–water partition coefficient (Wildman–Crippen LogP) is 5.57. The topological polar surface area (TPSA) is 104 Å². The quantitative estimate of drug-likeness (QED) is 0.259. The lowest BCUT2D eigenvalue weighted by Crippen LogP contribution is -2.25. The highest BCUT2D eigenvalue weighted by Crippen LogP contribution is 2.35. The summed E-state index contributed by atoms with van der Waals surface area (Å²) in [7, 11) is 0. The Bertz CT molecular complexity index is 1670. The van der Waals surface area contributed by atoms with Crippen LogP contribution in [0.1, 0.15) is 51.9 Å². The number of pyridine rings is 1. The molecule has 204 valence electrons. The van der Waals surface area contributed by atoms with E-state index in [1.54, 1.807) is 23.7 Å². The van der Waals surface area contributed by atoms with Crippen molar-refractivity contribution >= 4 is 28.3 Å². The fourth-order valence-electron chi connectivity index (χ4n) is 5.17. The minimum atomic E-state index is -0.334. The molecule has 0 fully saturated rings. The number of nitrogens with two attached hydrogens (primary N) is 1. The van der Waals surface area contributed by atoms with E-state index < -0.39 is 0 Å². The van der Waals surface area contributed by atoms with Crippen LogP contribution in [-0.4, -0.2) is 39.8 Å². The van der Waals surface area contributed by atoms with Gasteiger partial charge in [0.2, 0.25) is 0 Å². The van der Waals surface area contributed by atoms with Gasteiger partial charge in [0.15, 0.2) is 5.82 Å². The van der Waals surface area contributed by atoms with Gasteiger partial charge in [-0.3, -0.25) is 9.98 Å². The first-order valence-corrected chi connectivity index (χ1v) is 14.3. The summed E-state index contributed by atoms with van der Waals surface area (Å²) in [5.74, 6) is 0.213. The number of fused-ring (bicyclic) bond motifs is 2. The van der Waals surface area contributed by atoms with Gasteiger partial charge >= 0.3 is 0 Å². The van der Waals surface area contributed by atoms with Crippen molar-refractivity contribution in [3.63, 3.8) is 0 Å². The smallest absolute Gasteiger partial charge is 0.157 e. The molecule has 1 aromatic carbocycles. The fraction of sp³-hybridized carbons (Fsp3) is 0.258. The molecule has 0 saturated carbocycles. The molecule has 6 rings (SSSR count). The van der Waals surface area contributed by atoms with Crippen molar-refractivity contribution < 1.29 is 4.39 Å². The molecule has 9 heteroatoms. The third-order valence-electron chi connectivity index (χ3n) is 6.95. The number of hydrogen-bond acceptors (Lipinski definition) is 7. The molecule has 1 aliphatic carbocycles. The van der Waals surface area contributed by atoms with Gasteiger partial charge in [0, 0.05) is 81.4 Å². The SMILES string of the molecule is Cc1ccc(C2=CC=C(N)Cc3[nH]c(C4=NCCNCc5ccc(-c6cncc(NC(C)C)c6)c(F)c54)nc32)s1. The Morgan fingerprint density at radius 2 is 2.00 bits per heavy atom. The monoisotopic (exact) mass is 553 g/mol. The van der Waals surface area contributed by atoms with E-state index in [1.807, 2.05) is 30.4 Å². The molecule has 3 aromatic heterocycles. The molecule has 0 atom stereocenters. The van der Waals surface area contributed by atoms with E-state index in [9.17, 15) is 0 Å². The lowest BCUT2D eigenvalue weighted by atomic mass is 9.94. The Morgan fingerprint density at radius 1 is 1.12 bits per heavy atom. The molecule has 4 heterocycles. The van der Waals surface area contributed by atoms with Crippen LogP contribution >= 0.6 is 11.3 Å². The van der Waals surface area contributed by atoms with Crippen LogP contribution in [0.15, 0.2) is 65.6 Å². The van der Waals surface area contributed by atoms with E-state index >= 15 is 4.39 Å². The summed E-state index contributed by atoms with van der Waals surface area (Å²) in [4.78, 5) is 20.1. The van der Waals surface area contributed by atoms with Crippen LogP contribution in [0.25, 0.3) is 16.7 Å². The third kappa shape index (κ3) is 5.10. The number of aromatic amines is 1. The highest BCUT2D eigenvalue weighted by molar-refractivity contribution is 7.13. The number of halogens is 1. The summed E-state index contributed by atoms with van der Waals surface area (Å²) >= 11 is 1.71. The average Bonchev–Trinajstić information content (AvgIpc) is 3.47. The molecular weight excluding hydrogens is 521 g/mol. The molecule has 5 N–H and O–H groups in total. The van der Waals surface area contributed by atoms with Crippen LogP contribution in [0.2, 0.25) is 0 Å². The number of rotatable bonds is 5. The summed E-state index contributed by atoms with van der Waals surface area (Å²) in [5.41, 5.74) is 13.6. The van der Waals surface area contributed by atoms with Crippen LogP contribution in [-0.2, 0) is 13.0 Å². The molecular formula is C31H32FN7S. The van der Waals surface area contributed by atoms with Gasteiger partial charge in [-0.05, 0) is 56.7 Å². The summed E-state index contributed by atoms with van der Waals surface area (Å²) in [6, 6.07) is 10.2. The number of H-pyrrole nitrogens is 1. The number of allylic oxidation sites excluding steroid dienone is 3. The highest BCUT2D eigenvalue weighted by atomic mass is 32.1. The van der Waals surface area contributed by atoms with E-state index in [0.717, 1.165) is 38.8 Å². The van der Waals surface area contributed by atoms with Gasteiger partial charge in [0.1, 0.15) is 11.5 Å².